The molecule has 0 heterocycles. The van der Waals surface area contributed by atoms with Crippen LogP contribution in [0.3, 0.4) is 0 Å². The van der Waals surface area contributed by atoms with Crippen LogP contribution in [-0.2, 0) is 31.6 Å². The van der Waals surface area contributed by atoms with Crippen LogP contribution in [0, 0.1) is 12.3 Å². The molecular formula is C9H19BFO11P3. The summed E-state index contributed by atoms with van der Waals surface area (Å²) in [4.78, 5) is 35.0. The maximum Gasteiger partial charge on any atom is 0.490 e. The highest BCUT2D eigenvalue weighted by molar-refractivity contribution is 7.66. The van der Waals surface area contributed by atoms with Crippen molar-refractivity contribution in [3.8, 4) is 12.3 Å². The first-order valence-corrected chi connectivity index (χ1v) is 11.2. The third-order valence-electron chi connectivity index (χ3n) is 2.72. The fourth-order valence-electron chi connectivity index (χ4n) is 1.50. The largest absolute Gasteiger partial charge is 0.490 e. The molecule has 0 saturated carbocycles. The van der Waals surface area contributed by atoms with E-state index in [4.69, 9.17) is 25.8 Å². The normalized spacial score (nSPS) is 22.0. The number of halogens is 1. The van der Waals surface area contributed by atoms with E-state index in [9.17, 15) is 23.0 Å². The molecule has 0 aromatic rings. The Labute approximate surface area is 144 Å². The van der Waals surface area contributed by atoms with Crippen molar-refractivity contribution in [1.29, 1.82) is 0 Å². The standard InChI is InChI=1S/C9H19BFO11P3/c1-4-9(11,5-2)8(10)20-7(3)6-19-24(15,16)22-25(17,18)21-23(12,13)14/h1,7-8H,5-6,10H2,2-3H3,(H,15,16)(H,17,18)(H2,12,13,14)/t7-,8+,9?/m0/s1. The van der Waals surface area contributed by atoms with Crippen LogP contribution in [0.5, 0.6) is 0 Å². The Bertz CT molecular complexity index is 633. The summed E-state index contributed by atoms with van der Waals surface area (Å²) in [6.45, 7) is 2.13. The molecule has 0 bridgehead atoms. The molecule has 0 radical (unpaired) electrons. The van der Waals surface area contributed by atoms with E-state index in [0.717, 1.165) is 0 Å². The molecule has 0 aliphatic carbocycles. The van der Waals surface area contributed by atoms with Gasteiger partial charge in [0.2, 0.25) is 0 Å². The molecule has 3 unspecified atom stereocenters. The second-order valence-corrected chi connectivity index (χ2v) is 9.26. The van der Waals surface area contributed by atoms with Crippen molar-refractivity contribution in [3.63, 3.8) is 0 Å². The Hall–Kier alpha value is -0.0751. The molecule has 0 amide bonds. The molecule has 16 heteroatoms. The minimum Gasteiger partial charge on any atom is -0.378 e. The topological polar surface area (TPSA) is 169 Å². The highest BCUT2D eigenvalue weighted by Gasteiger charge is 2.41. The maximum atomic E-state index is 14.2. The zero-order valence-corrected chi connectivity index (χ0v) is 16.2. The van der Waals surface area contributed by atoms with Crippen molar-refractivity contribution in [1.82, 2.24) is 0 Å². The van der Waals surface area contributed by atoms with Crippen molar-refractivity contribution in [2.24, 2.45) is 0 Å². The smallest absolute Gasteiger partial charge is 0.378 e. The van der Waals surface area contributed by atoms with Gasteiger partial charge in [0, 0.05) is 0 Å². The molecule has 0 rings (SSSR count). The van der Waals surface area contributed by atoms with Gasteiger partial charge in [-0.25, -0.2) is 18.1 Å². The minimum absolute atomic E-state index is 0.0484. The number of alkyl halides is 1. The lowest BCUT2D eigenvalue weighted by atomic mass is 9.82. The number of phosphoric ester groups is 1. The molecule has 0 aliphatic rings. The Morgan fingerprint density at radius 1 is 1.20 bits per heavy atom. The highest BCUT2D eigenvalue weighted by atomic mass is 31.3. The third kappa shape index (κ3) is 9.99. The average Bonchev–Trinajstić information content (AvgIpc) is 2.40. The van der Waals surface area contributed by atoms with Gasteiger partial charge in [0.25, 0.3) is 0 Å². The van der Waals surface area contributed by atoms with Gasteiger partial charge in [0.1, 0.15) is 7.85 Å². The predicted octanol–water partition coefficient (Wildman–Crippen LogP) is 0.445. The quantitative estimate of drug-likeness (QED) is 0.206. The molecule has 0 fully saturated rings. The molecule has 25 heavy (non-hydrogen) atoms. The number of phosphoric acid groups is 3. The van der Waals surface area contributed by atoms with E-state index in [1.165, 1.54) is 21.7 Å². The number of terminal acetylenes is 1. The molecule has 0 aliphatic heterocycles. The van der Waals surface area contributed by atoms with Crippen LogP contribution in [0.4, 0.5) is 4.39 Å². The van der Waals surface area contributed by atoms with Crippen LogP contribution >= 0.6 is 23.5 Å². The third-order valence-corrected chi connectivity index (χ3v) is 6.53. The van der Waals surface area contributed by atoms with Crippen LogP contribution in [0.15, 0.2) is 0 Å². The molecule has 5 atom stereocenters. The van der Waals surface area contributed by atoms with Crippen molar-refractivity contribution < 1.29 is 55.5 Å². The molecule has 0 aromatic carbocycles. The monoisotopic (exact) mass is 426 g/mol. The second kappa shape index (κ2) is 9.22. The molecule has 0 spiro atoms. The molecule has 4 N–H and O–H groups in total. The molecular weight excluding hydrogens is 407 g/mol. The van der Waals surface area contributed by atoms with E-state index < -0.39 is 47.9 Å². The zero-order valence-electron chi connectivity index (χ0n) is 13.5. The lowest BCUT2D eigenvalue weighted by molar-refractivity contribution is -0.0439. The summed E-state index contributed by atoms with van der Waals surface area (Å²) in [6.07, 6.45) is 4.04. The van der Waals surface area contributed by atoms with Gasteiger partial charge in [-0.2, -0.15) is 8.62 Å². The van der Waals surface area contributed by atoms with Gasteiger partial charge in [0.15, 0.2) is 5.67 Å². The van der Waals surface area contributed by atoms with Gasteiger partial charge in [-0.3, -0.25) is 4.52 Å². The Kier molecular flexibility index (Phi) is 9.19. The van der Waals surface area contributed by atoms with Gasteiger partial charge < -0.3 is 24.3 Å². The van der Waals surface area contributed by atoms with Gasteiger partial charge in [-0.1, -0.05) is 12.8 Å². The molecule has 146 valence electrons. The number of hydrogen-bond acceptors (Lipinski definition) is 7. The van der Waals surface area contributed by atoms with Crippen LogP contribution in [-0.4, -0.2) is 51.8 Å². The first-order valence-electron chi connectivity index (χ1n) is 6.66. The summed E-state index contributed by atoms with van der Waals surface area (Å²) in [6, 6.07) is -1.10. The highest BCUT2D eigenvalue weighted by Crippen LogP contribution is 2.66. The van der Waals surface area contributed by atoms with Gasteiger partial charge >= 0.3 is 23.5 Å². The Balaban J connectivity index is 4.69. The fraction of sp³-hybridized carbons (Fsp3) is 0.778. The summed E-state index contributed by atoms with van der Waals surface area (Å²) in [5, 5.41) is 0. The average molecular weight is 426 g/mol. The van der Waals surface area contributed by atoms with E-state index in [0.29, 0.717) is 0 Å². The lowest BCUT2D eigenvalue weighted by Gasteiger charge is -2.28. The number of ether oxygens (including phenoxy) is 1. The maximum absolute atomic E-state index is 14.2. The van der Waals surface area contributed by atoms with E-state index >= 15 is 0 Å². The zero-order chi connectivity index (χ0) is 20.1. The van der Waals surface area contributed by atoms with Crippen molar-refractivity contribution in [3.05, 3.63) is 0 Å². The lowest BCUT2D eigenvalue weighted by Crippen LogP contribution is -2.41. The van der Waals surface area contributed by atoms with Crippen molar-refractivity contribution >= 4 is 31.3 Å². The molecule has 0 saturated heterocycles. The molecule has 0 aromatic heterocycles. The number of rotatable bonds is 11. The predicted molar refractivity (Wildman–Crippen MR) is 85.7 cm³/mol. The number of hydrogen-bond donors (Lipinski definition) is 4. The Morgan fingerprint density at radius 3 is 2.12 bits per heavy atom. The van der Waals surface area contributed by atoms with Gasteiger partial charge in [0.05, 0.1) is 18.7 Å². The summed E-state index contributed by atoms with van der Waals surface area (Å²) in [5.74, 6) is 1.94. The van der Waals surface area contributed by atoms with Gasteiger partial charge in [-0.15, -0.1) is 6.42 Å². The minimum atomic E-state index is -5.59. The first kappa shape index (κ1) is 24.9. The van der Waals surface area contributed by atoms with Crippen LogP contribution in [0.25, 0.3) is 0 Å². The summed E-state index contributed by atoms with van der Waals surface area (Å²) in [5.41, 5.74) is -2.08. The second-order valence-electron chi connectivity index (χ2n) is 4.84. The van der Waals surface area contributed by atoms with E-state index in [1.807, 2.05) is 5.92 Å². The Morgan fingerprint density at radius 2 is 1.72 bits per heavy atom. The van der Waals surface area contributed by atoms with Gasteiger partial charge in [-0.05, 0) is 13.3 Å². The van der Waals surface area contributed by atoms with Crippen LogP contribution in [0.2, 0.25) is 0 Å². The molecule has 11 nitrogen and oxygen atoms in total. The van der Waals surface area contributed by atoms with Crippen LogP contribution in [0.1, 0.15) is 20.3 Å². The van der Waals surface area contributed by atoms with E-state index in [1.54, 1.807) is 0 Å². The SMILES string of the molecule is B[C@H](O[C@@H](C)COP(=O)(O)OP(=O)(O)OP(=O)(O)O)C(F)(C#C)CC. The van der Waals surface area contributed by atoms with Crippen LogP contribution < -0.4 is 0 Å². The fourth-order valence-corrected chi connectivity index (χ4v) is 4.60. The first-order chi connectivity index (χ1) is 11.1. The van der Waals surface area contributed by atoms with E-state index in [-0.39, 0.29) is 6.42 Å². The van der Waals surface area contributed by atoms with Crippen molar-refractivity contribution in [2.75, 3.05) is 6.61 Å². The summed E-state index contributed by atoms with van der Waals surface area (Å²) >= 11 is 0. The van der Waals surface area contributed by atoms with Crippen molar-refractivity contribution in [2.45, 2.75) is 38.0 Å². The summed E-state index contributed by atoms with van der Waals surface area (Å²) in [7, 11) is -15.0. The van der Waals surface area contributed by atoms with E-state index in [2.05, 4.69) is 13.1 Å². The summed E-state index contributed by atoms with van der Waals surface area (Å²) < 4.78 is 63.9.